The van der Waals surface area contributed by atoms with Crippen LogP contribution in [0.2, 0.25) is 0 Å². The van der Waals surface area contributed by atoms with E-state index in [0.29, 0.717) is 0 Å². The van der Waals surface area contributed by atoms with Gasteiger partial charge in [0, 0.05) is 11.6 Å². The molecule has 0 aromatic heterocycles. The van der Waals surface area contributed by atoms with E-state index in [9.17, 15) is 0 Å². The van der Waals surface area contributed by atoms with Gasteiger partial charge in [0.1, 0.15) is 0 Å². The Hall–Kier alpha value is -1.24. The second kappa shape index (κ2) is 2.79. The summed E-state index contributed by atoms with van der Waals surface area (Å²) in [7, 11) is 0. The fourth-order valence-corrected chi connectivity index (χ4v) is 1.24. The zero-order chi connectivity index (χ0) is 7.52. The Kier molecular flexibility index (Phi) is 1.64. The first kappa shape index (κ1) is 6.47. The molecule has 0 aliphatic carbocycles. The minimum atomic E-state index is 0.800. The lowest BCUT2D eigenvalue weighted by Gasteiger charge is -1.90. The Morgan fingerprint density at radius 3 is 2.82 bits per heavy atom. The summed E-state index contributed by atoms with van der Waals surface area (Å²) in [5, 5.41) is 2.47. The Bertz CT molecular complexity index is 316. The van der Waals surface area contributed by atoms with E-state index >= 15 is 0 Å². The van der Waals surface area contributed by atoms with E-state index in [1.807, 2.05) is 12.3 Å². The molecule has 0 unspecified atom stereocenters. The van der Waals surface area contributed by atoms with Crippen molar-refractivity contribution in [3.63, 3.8) is 0 Å². The van der Waals surface area contributed by atoms with Crippen LogP contribution in [-0.4, -0.2) is 6.61 Å². The number of ether oxygens (including phenoxy) is 1. The minimum absolute atomic E-state index is 0.800. The lowest BCUT2D eigenvalue weighted by molar-refractivity contribution is 0.306. The monoisotopic (exact) mass is 146 g/mol. The van der Waals surface area contributed by atoms with E-state index in [1.54, 1.807) is 0 Å². The number of hydrogen-bond donors (Lipinski definition) is 0. The van der Waals surface area contributed by atoms with Gasteiger partial charge in [-0.25, -0.2) is 0 Å². The van der Waals surface area contributed by atoms with Crippen molar-refractivity contribution in [2.75, 3.05) is 6.61 Å². The molecular weight excluding hydrogens is 136 g/mol. The zero-order valence-electron chi connectivity index (χ0n) is 6.29. The first-order chi connectivity index (χ1) is 5.47. The van der Waals surface area contributed by atoms with Gasteiger partial charge in [0.25, 0.3) is 0 Å². The Balaban J connectivity index is 2.73. The fourth-order valence-electron chi connectivity index (χ4n) is 1.24. The highest BCUT2D eigenvalue weighted by molar-refractivity contribution is 5.30. The molecule has 1 heteroatoms. The first-order valence-corrected chi connectivity index (χ1v) is 3.84. The van der Waals surface area contributed by atoms with Gasteiger partial charge in [-0.2, -0.15) is 0 Å². The van der Waals surface area contributed by atoms with Gasteiger partial charge in [-0.15, -0.1) is 0 Å². The van der Waals surface area contributed by atoms with Crippen molar-refractivity contribution in [3.8, 4) is 0 Å². The average Bonchev–Trinajstić information content (AvgIpc) is 2.28. The number of rotatable bonds is 0. The third kappa shape index (κ3) is 1.27. The van der Waals surface area contributed by atoms with Gasteiger partial charge in [0.15, 0.2) is 0 Å². The second-order valence-corrected chi connectivity index (χ2v) is 2.61. The summed E-state index contributed by atoms with van der Waals surface area (Å²) < 4.78 is 5.26. The minimum Gasteiger partial charge on any atom is -0.500 e. The van der Waals surface area contributed by atoms with Crippen LogP contribution in [0.3, 0.4) is 0 Å². The molecule has 0 spiro atoms. The maximum atomic E-state index is 5.26. The fraction of sp³-hybridized carbons (Fsp3) is 0.200. The van der Waals surface area contributed by atoms with Crippen molar-refractivity contribution in [1.82, 2.24) is 0 Å². The summed E-state index contributed by atoms with van der Waals surface area (Å²) in [6.07, 6.45) is 5.05. The molecule has 2 rings (SSSR count). The molecule has 1 nitrogen and oxygen atoms in total. The summed E-state index contributed by atoms with van der Waals surface area (Å²) in [5.41, 5.74) is 0. The highest BCUT2D eigenvalue weighted by Crippen LogP contribution is 1.87. The molecule has 0 radical (unpaired) electrons. The second-order valence-electron chi connectivity index (χ2n) is 2.61. The zero-order valence-corrected chi connectivity index (χ0v) is 6.29. The van der Waals surface area contributed by atoms with E-state index in [0.717, 1.165) is 13.0 Å². The summed E-state index contributed by atoms with van der Waals surface area (Å²) >= 11 is 0. The van der Waals surface area contributed by atoms with Gasteiger partial charge in [-0.3, -0.25) is 0 Å². The van der Waals surface area contributed by atoms with Crippen LogP contribution in [0.5, 0.6) is 0 Å². The maximum absolute atomic E-state index is 5.26. The number of benzene rings is 1. The van der Waals surface area contributed by atoms with Crippen molar-refractivity contribution < 1.29 is 4.74 Å². The smallest absolute Gasteiger partial charge is 0.0908 e. The van der Waals surface area contributed by atoms with Crippen LogP contribution in [-0.2, 0) is 4.74 Å². The van der Waals surface area contributed by atoms with E-state index in [2.05, 4.69) is 24.3 Å². The molecule has 0 bridgehead atoms. The summed E-state index contributed by atoms with van der Waals surface area (Å²) in [6.45, 7) is 0.800. The summed E-state index contributed by atoms with van der Waals surface area (Å²) in [4.78, 5) is 0. The van der Waals surface area contributed by atoms with Crippen LogP contribution in [0.25, 0.3) is 12.3 Å². The van der Waals surface area contributed by atoms with Crippen molar-refractivity contribution in [2.24, 2.45) is 0 Å². The molecule has 0 saturated heterocycles. The van der Waals surface area contributed by atoms with Gasteiger partial charge in [0.05, 0.1) is 12.9 Å². The molecule has 0 atom stereocenters. The van der Waals surface area contributed by atoms with Crippen LogP contribution in [0, 0.1) is 0 Å². The lowest BCUT2D eigenvalue weighted by atomic mass is 10.2. The molecule has 1 aromatic carbocycles. The van der Waals surface area contributed by atoms with Gasteiger partial charge < -0.3 is 4.74 Å². The largest absolute Gasteiger partial charge is 0.500 e. The van der Waals surface area contributed by atoms with Gasteiger partial charge in [-0.05, 0) is 5.22 Å². The molecule has 11 heavy (non-hydrogen) atoms. The van der Waals surface area contributed by atoms with Crippen LogP contribution in [0.4, 0.5) is 0 Å². The predicted molar refractivity (Wildman–Crippen MR) is 45.2 cm³/mol. The van der Waals surface area contributed by atoms with Crippen molar-refractivity contribution in [1.29, 1.82) is 0 Å². The highest BCUT2D eigenvalue weighted by Gasteiger charge is 1.89. The molecule has 1 aliphatic heterocycles. The van der Waals surface area contributed by atoms with Gasteiger partial charge in [0.2, 0.25) is 0 Å². The molecule has 0 saturated carbocycles. The maximum Gasteiger partial charge on any atom is 0.0908 e. The molecule has 0 N–H and O–H groups in total. The molecular formula is C10H10O. The Morgan fingerprint density at radius 2 is 1.91 bits per heavy atom. The van der Waals surface area contributed by atoms with Crippen LogP contribution < -0.4 is 10.4 Å². The average molecular weight is 146 g/mol. The normalized spacial score (nSPS) is 14.9. The predicted octanol–water partition coefficient (Wildman–Crippen LogP) is 0.625. The number of fused-ring (bicyclic) bond motifs is 1. The Labute approximate surface area is 65.6 Å². The van der Waals surface area contributed by atoms with Crippen molar-refractivity contribution in [2.45, 2.75) is 6.42 Å². The third-order valence-corrected chi connectivity index (χ3v) is 1.81. The molecule has 1 heterocycles. The SMILES string of the molecule is C1=c2ccccc2=COCC1. The van der Waals surface area contributed by atoms with E-state index in [1.165, 1.54) is 10.4 Å². The molecule has 0 amide bonds. The van der Waals surface area contributed by atoms with Crippen LogP contribution in [0.1, 0.15) is 6.42 Å². The van der Waals surface area contributed by atoms with Gasteiger partial charge >= 0.3 is 0 Å². The van der Waals surface area contributed by atoms with E-state index in [-0.39, 0.29) is 0 Å². The standard InChI is InChI=1S/C10H10O/c1-2-5-10-8-11-7-3-6-9(10)4-1/h1-2,4-6,8H,3,7H2. The quantitative estimate of drug-likeness (QED) is 0.521. The lowest BCUT2D eigenvalue weighted by Crippen LogP contribution is -2.22. The first-order valence-electron chi connectivity index (χ1n) is 3.84. The van der Waals surface area contributed by atoms with Crippen LogP contribution in [0.15, 0.2) is 24.3 Å². The van der Waals surface area contributed by atoms with Crippen LogP contribution >= 0.6 is 0 Å². The summed E-state index contributed by atoms with van der Waals surface area (Å²) in [5.74, 6) is 0. The van der Waals surface area contributed by atoms with Crippen molar-refractivity contribution >= 4 is 12.3 Å². The number of hydrogen-bond acceptors (Lipinski definition) is 1. The van der Waals surface area contributed by atoms with E-state index < -0.39 is 0 Å². The third-order valence-electron chi connectivity index (χ3n) is 1.81. The van der Waals surface area contributed by atoms with Gasteiger partial charge in [-0.1, -0.05) is 30.3 Å². The molecule has 0 fully saturated rings. The molecule has 1 aliphatic rings. The summed E-state index contributed by atoms with van der Waals surface area (Å²) in [6, 6.07) is 8.25. The highest BCUT2D eigenvalue weighted by atomic mass is 16.5. The Morgan fingerprint density at radius 1 is 1.09 bits per heavy atom. The molecule has 1 aromatic rings. The molecule has 56 valence electrons. The van der Waals surface area contributed by atoms with E-state index in [4.69, 9.17) is 4.74 Å². The van der Waals surface area contributed by atoms with Crippen molar-refractivity contribution in [3.05, 3.63) is 34.7 Å². The topological polar surface area (TPSA) is 9.23 Å².